The van der Waals surface area contributed by atoms with Crippen LogP contribution in [0.4, 0.5) is 22.4 Å². The maximum Gasteiger partial charge on any atom is 0.407 e. The summed E-state index contributed by atoms with van der Waals surface area (Å²) in [4.78, 5) is 13.4. The Kier molecular flexibility index (Phi) is 6.15. The summed E-state index contributed by atoms with van der Waals surface area (Å²) >= 11 is 0. The Morgan fingerprint density at radius 3 is 2.06 bits per heavy atom. The third kappa shape index (κ3) is 4.83. The number of nitrogens with one attached hydrogen (secondary N) is 1. The second kappa shape index (κ2) is 8.84. The number of hydrogen-bond donors (Lipinski definition) is 1. The van der Waals surface area contributed by atoms with Gasteiger partial charge in [0.25, 0.3) is 0 Å². The summed E-state index contributed by atoms with van der Waals surface area (Å²) < 4.78 is 66.7. The number of piperidine rings is 1. The number of nitrogens with zero attached hydrogens (tertiary/aromatic N) is 1. The summed E-state index contributed by atoms with van der Waals surface area (Å²) in [5.74, 6) is -3.26. The van der Waals surface area contributed by atoms with Crippen LogP contribution in [0.3, 0.4) is 0 Å². The van der Waals surface area contributed by atoms with Gasteiger partial charge in [-0.2, -0.15) is 0 Å². The van der Waals surface area contributed by atoms with Gasteiger partial charge in [-0.3, -0.25) is 0 Å². The molecule has 2 aromatic rings. The van der Waals surface area contributed by atoms with Crippen LogP contribution in [0.15, 0.2) is 36.4 Å². The van der Waals surface area contributed by atoms with Crippen LogP contribution in [0.2, 0.25) is 0 Å². The van der Waals surface area contributed by atoms with Crippen molar-refractivity contribution in [3.63, 3.8) is 0 Å². The van der Waals surface area contributed by atoms with Crippen molar-refractivity contribution in [3.8, 4) is 0 Å². The van der Waals surface area contributed by atoms with Gasteiger partial charge in [0.1, 0.15) is 35.0 Å². The largest absolute Gasteiger partial charge is 0.441 e. The molecule has 1 N–H and O–H groups in total. The van der Waals surface area contributed by atoms with Gasteiger partial charge in [0.15, 0.2) is 0 Å². The molecule has 2 aliphatic rings. The molecule has 0 aliphatic carbocycles. The Hall–Kier alpha value is -2.65. The molecule has 0 radical (unpaired) electrons. The molecule has 5 nitrogen and oxygen atoms in total. The van der Waals surface area contributed by atoms with E-state index in [0.29, 0.717) is 51.2 Å². The summed E-state index contributed by atoms with van der Waals surface area (Å²) in [6.45, 7) is 2.48. The zero-order chi connectivity index (χ0) is 22.0. The first-order valence-electron chi connectivity index (χ1n) is 10.1. The molecule has 0 bridgehead atoms. The van der Waals surface area contributed by atoms with E-state index in [1.165, 1.54) is 12.1 Å². The van der Waals surface area contributed by atoms with Crippen LogP contribution in [-0.4, -0.2) is 49.4 Å². The minimum Gasteiger partial charge on any atom is -0.441 e. The van der Waals surface area contributed by atoms with Gasteiger partial charge in [0.05, 0.1) is 13.2 Å². The third-order valence-corrected chi connectivity index (χ3v) is 5.81. The zero-order valence-corrected chi connectivity index (χ0v) is 16.7. The highest BCUT2D eigenvalue weighted by Gasteiger charge is 2.42. The number of hydrogen-bond acceptors (Lipinski definition) is 4. The van der Waals surface area contributed by atoms with Gasteiger partial charge in [-0.1, -0.05) is 12.1 Å². The molecule has 2 saturated heterocycles. The molecule has 31 heavy (non-hydrogen) atoms. The van der Waals surface area contributed by atoms with Crippen LogP contribution < -0.4 is 5.32 Å². The molecular formula is C22H22F4N2O3. The number of rotatable bonds is 6. The molecule has 2 aromatic carbocycles. The first kappa shape index (κ1) is 21.6. The van der Waals surface area contributed by atoms with Gasteiger partial charge in [-0.05, 0) is 12.1 Å². The highest BCUT2D eigenvalue weighted by atomic mass is 19.1. The molecule has 2 aliphatic heterocycles. The van der Waals surface area contributed by atoms with E-state index in [4.69, 9.17) is 9.47 Å². The quantitative estimate of drug-likeness (QED) is 0.695. The molecule has 0 aromatic heterocycles. The van der Waals surface area contributed by atoms with E-state index in [1.54, 1.807) is 0 Å². The first-order chi connectivity index (χ1) is 14.8. The predicted molar refractivity (Wildman–Crippen MR) is 103 cm³/mol. The van der Waals surface area contributed by atoms with Crippen LogP contribution in [-0.2, 0) is 9.47 Å². The molecule has 1 amide bonds. The highest BCUT2D eigenvalue weighted by Crippen LogP contribution is 2.32. The Morgan fingerprint density at radius 1 is 1.00 bits per heavy atom. The van der Waals surface area contributed by atoms with E-state index in [0.717, 1.165) is 12.1 Å². The second-order valence-electron chi connectivity index (χ2n) is 7.85. The number of alkyl carbamates (subject to hydrolysis) is 1. The van der Waals surface area contributed by atoms with Crippen LogP contribution in [0.25, 0.3) is 0 Å². The fourth-order valence-corrected chi connectivity index (χ4v) is 4.04. The molecule has 166 valence electrons. The van der Waals surface area contributed by atoms with Crippen LogP contribution in [0.1, 0.15) is 30.1 Å². The number of carbonyl (C=O) groups excluding carboxylic acids is 1. The van der Waals surface area contributed by atoms with Crippen molar-refractivity contribution < 1.29 is 31.8 Å². The van der Waals surface area contributed by atoms with Crippen molar-refractivity contribution in [2.45, 2.75) is 24.5 Å². The summed E-state index contributed by atoms with van der Waals surface area (Å²) in [6, 6.07) is 5.94. The maximum atomic E-state index is 14.4. The van der Waals surface area contributed by atoms with Gasteiger partial charge in [-0.15, -0.1) is 0 Å². The van der Waals surface area contributed by atoms with Crippen LogP contribution >= 0.6 is 0 Å². The third-order valence-electron chi connectivity index (χ3n) is 5.81. The normalized spacial score (nSPS) is 18.4. The monoisotopic (exact) mass is 438 g/mol. The minimum absolute atomic E-state index is 0.0338. The van der Waals surface area contributed by atoms with Gasteiger partial charge in [0, 0.05) is 55.7 Å². The van der Waals surface area contributed by atoms with E-state index in [9.17, 15) is 22.4 Å². The van der Waals surface area contributed by atoms with Gasteiger partial charge in [-0.25, -0.2) is 22.4 Å². The summed E-state index contributed by atoms with van der Waals surface area (Å²) in [5, 5.41) is 2.68. The van der Waals surface area contributed by atoms with Gasteiger partial charge >= 0.3 is 6.09 Å². The van der Waals surface area contributed by atoms with E-state index < -0.39 is 41.1 Å². The molecular weight excluding hydrogens is 416 g/mol. The lowest BCUT2D eigenvalue weighted by molar-refractivity contribution is -0.0110. The number of benzene rings is 2. The van der Waals surface area contributed by atoms with E-state index in [2.05, 4.69) is 10.2 Å². The SMILES string of the molecule is O=C1NCC2(CCN(CCOC(c3ccc(F)cc3F)c3ccc(F)cc3F)CC2)O1. The molecule has 9 heteroatoms. The smallest absolute Gasteiger partial charge is 0.407 e. The van der Waals surface area contributed by atoms with Crippen LogP contribution in [0.5, 0.6) is 0 Å². The molecule has 0 saturated carbocycles. The Labute approximate surface area is 176 Å². The number of amides is 1. The fraction of sp³-hybridized carbons (Fsp3) is 0.409. The fourth-order valence-electron chi connectivity index (χ4n) is 4.04. The Balaban J connectivity index is 1.43. The van der Waals surface area contributed by atoms with Crippen molar-refractivity contribution >= 4 is 6.09 Å². The van der Waals surface area contributed by atoms with Crippen molar-refractivity contribution in [2.24, 2.45) is 0 Å². The standard InChI is InChI=1S/C22H22F4N2O3/c23-14-1-3-16(18(25)11-14)20(17-4-2-15(24)12-19(17)26)30-10-9-28-7-5-22(6-8-28)13-27-21(29)31-22/h1-4,11-12,20H,5-10,13H2,(H,27,29). The van der Waals surface area contributed by atoms with Crippen LogP contribution in [0, 0.1) is 23.3 Å². The topological polar surface area (TPSA) is 50.8 Å². The molecule has 4 rings (SSSR count). The second-order valence-corrected chi connectivity index (χ2v) is 7.85. The molecule has 0 atom stereocenters. The van der Waals surface area contributed by atoms with Crippen molar-refractivity contribution in [1.29, 1.82) is 0 Å². The Bertz CT molecular complexity index is 912. The number of carbonyl (C=O) groups is 1. The number of ether oxygens (including phenoxy) is 2. The number of halogens is 4. The lowest BCUT2D eigenvalue weighted by atomic mass is 9.92. The summed E-state index contributed by atoms with van der Waals surface area (Å²) in [7, 11) is 0. The molecule has 2 fully saturated rings. The minimum atomic E-state index is -1.16. The van der Waals surface area contributed by atoms with Crippen molar-refractivity contribution in [2.75, 3.05) is 32.8 Å². The van der Waals surface area contributed by atoms with Crippen molar-refractivity contribution in [3.05, 3.63) is 70.8 Å². The average Bonchev–Trinajstić information content (AvgIpc) is 3.08. The zero-order valence-electron chi connectivity index (χ0n) is 16.7. The van der Waals surface area contributed by atoms with E-state index in [-0.39, 0.29) is 17.7 Å². The van der Waals surface area contributed by atoms with Gasteiger partial charge < -0.3 is 19.7 Å². The lowest BCUT2D eigenvalue weighted by Crippen LogP contribution is -2.47. The maximum absolute atomic E-state index is 14.4. The molecule has 0 unspecified atom stereocenters. The predicted octanol–water partition coefficient (Wildman–Crippen LogP) is 3.92. The lowest BCUT2D eigenvalue weighted by Gasteiger charge is -2.37. The van der Waals surface area contributed by atoms with E-state index >= 15 is 0 Å². The first-order valence-corrected chi connectivity index (χ1v) is 10.1. The summed E-state index contributed by atoms with van der Waals surface area (Å²) in [6.07, 6.45) is -0.206. The highest BCUT2D eigenvalue weighted by molar-refractivity contribution is 5.70. The number of likely N-dealkylation sites (tertiary alicyclic amines) is 1. The van der Waals surface area contributed by atoms with Crippen molar-refractivity contribution in [1.82, 2.24) is 10.2 Å². The Morgan fingerprint density at radius 2 is 1.58 bits per heavy atom. The molecule has 2 heterocycles. The van der Waals surface area contributed by atoms with E-state index in [1.807, 2.05) is 0 Å². The van der Waals surface area contributed by atoms with Gasteiger partial charge in [0.2, 0.25) is 0 Å². The summed E-state index contributed by atoms with van der Waals surface area (Å²) in [5.41, 5.74) is -0.534. The average molecular weight is 438 g/mol. The molecule has 1 spiro atoms.